The van der Waals surface area contributed by atoms with Crippen LogP contribution in [0.3, 0.4) is 0 Å². The summed E-state index contributed by atoms with van der Waals surface area (Å²) in [6.45, 7) is 3.00. The number of hydrogen-bond acceptors (Lipinski definition) is 2. The van der Waals surface area contributed by atoms with Gasteiger partial charge in [-0.1, -0.05) is 31.9 Å². The van der Waals surface area contributed by atoms with Crippen molar-refractivity contribution in [2.75, 3.05) is 13.6 Å². The van der Waals surface area contributed by atoms with Gasteiger partial charge in [0.25, 0.3) is 0 Å². The maximum Gasteiger partial charge on any atom is 0.225 e. The van der Waals surface area contributed by atoms with Gasteiger partial charge < -0.3 is 10.2 Å². The van der Waals surface area contributed by atoms with Crippen LogP contribution in [0.25, 0.3) is 0 Å². The van der Waals surface area contributed by atoms with Gasteiger partial charge in [-0.25, -0.2) is 0 Å². The zero-order valence-corrected chi connectivity index (χ0v) is 9.62. The van der Waals surface area contributed by atoms with Gasteiger partial charge >= 0.3 is 0 Å². The first-order valence-corrected chi connectivity index (χ1v) is 5.62. The van der Waals surface area contributed by atoms with Crippen LogP contribution in [0, 0.1) is 0 Å². The average molecular weight is 208 g/mol. The highest BCUT2D eigenvalue weighted by molar-refractivity contribution is 5.77. The number of carbonyl (C=O) groups is 1. The van der Waals surface area contributed by atoms with Gasteiger partial charge in [0, 0.05) is 20.0 Å². The van der Waals surface area contributed by atoms with Crippen LogP contribution in [-0.4, -0.2) is 24.4 Å². The van der Waals surface area contributed by atoms with Crippen LogP contribution < -0.4 is 5.32 Å². The van der Waals surface area contributed by atoms with Crippen molar-refractivity contribution in [3.05, 3.63) is 24.0 Å². The third-order valence-corrected chi connectivity index (χ3v) is 2.46. The lowest BCUT2D eigenvalue weighted by atomic mass is 10.2. The summed E-state index contributed by atoms with van der Waals surface area (Å²) in [5.74, 6) is 1.02. The molecule has 3 nitrogen and oxygen atoms in total. The molecule has 1 rings (SSSR count). The number of amides is 1. The number of carbonyl (C=O) groups excluding carboxylic acids is 1. The summed E-state index contributed by atoms with van der Waals surface area (Å²) in [5.41, 5.74) is 0. The third-order valence-electron chi connectivity index (χ3n) is 2.46. The van der Waals surface area contributed by atoms with Gasteiger partial charge in [-0.15, -0.1) is 0 Å². The van der Waals surface area contributed by atoms with Crippen LogP contribution in [0.4, 0.5) is 0 Å². The zero-order valence-electron chi connectivity index (χ0n) is 9.62. The minimum atomic E-state index is 0.122. The predicted octanol–water partition coefficient (Wildman–Crippen LogP) is 2.03. The number of nitrogens with one attached hydrogen (secondary N) is 1. The Balaban J connectivity index is 2.30. The molecule has 0 radical (unpaired) electrons. The van der Waals surface area contributed by atoms with Crippen molar-refractivity contribution in [3.63, 3.8) is 0 Å². The molecule has 0 aromatic heterocycles. The van der Waals surface area contributed by atoms with E-state index < -0.39 is 0 Å². The second-order valence-corrected chi connectivity index (χ2v) is 3.87. The van der Waals surface area contributed by atoms with Gasteiger partial charge in [-0.05, 0) is 12.5 Å². The van der Waals surface area contributed by atoms with Gasteiger partial charge in [0.2, 0.25) is 5.91 Å². The van der Waals surface area contributed by atoms with Gasteiger partial charge in [0.1, 0.15) is 5.82 Å². The molecule has 0 saturated heterocycles. The fourth-order valence-electron chi connectivity index (χ4n) is 1.48. The molecule has 0 aromatic carbocycles. The monoisotopic (exact) mass is 208 g/mol. The Morgan fingerprint density at radius 1 is 1.53 bits per heavy atom. The molecule has 3 heteroatoms. The summed E-state index contributed by atoms with van der Waals surface area (Å²) in [6, 6.07) is 0. The maximum atomic E-state index is 11.5. The van der Waals surface area contributed by atoms with E-state index in [1.807, 2.05) is 24.1 Å². The number of allylic oxidation sites excluding steroid dienone is 2. The molecule has 0 bridgehead atoms. The molecule has 0 aromatic rings. The van der Waals surface area contributed by atoms with E-state index in [9.17, 15) is 4.79 Å². The number of hydrogen-bond donors (Lipinski definition) is 1. The standard InChI is InChI=1S/C12H20N2O/c1-3-4-5-9-12(15)13-11-8-6-7-10-14(11)2/h6-8H,3-5,9-10H2,1-2H3,(H,13,15). The minimum absolute atomic E-state index is 0.122. The van der Waals surface area contributed by atoms with Crippen LogP contribution in [0.5, 0.6) is 0 Å². The molecule has 1 aliphatic heterocycles. The highest BCUT2D eigenvalue weighted by Gasteiger charge is 2.08. The molecule has 0 unspecified atom stereocenters. The molecule has 84 valence electrons. The van der Waals surface area contributed by atoms with E-state index in [0.717, 1.165) is 31.6 Å². The molecular weight excluding hydrogens is 188 g/mol. The zero-order chi connectivity index (χ0) is 11.1. The lowest BCUT2D eigenvalue weighted by molar-refractivity contribution is -0.120. The number of nitrogens with zero attached hydrogens (tertiary/aromatic N) is 1. The average Bonchev–Trinajstić information content (AvgIpc) is 2.22. The van der Waals surface area contributed by atoms with Crippen LogP contribution >= 0.6 is 0 Å². The van der Waals surface area contributed by atoms with Crippen molar-refractivity contribution >= 4 is 5.91 Å². The molecule has 0 spiro atoms. The summed E-state index contributed by atoms with van der Waals surface area (Å²) < 4.78 is 0. The SMILES string of the molecule is CCCCCC(=O)NC1=CC=CCN1C. The van der Waals surface area contributed by atoms with Crippen molar-refractivity contribution in [1.29, 1.82) is 0 Å². The molecule has 0 saturated carbocycles. The van der Waals surface area contributed by atoms with Crippen molar-refractivity contribution < 1.29 is 4.79 Å². The van der Waals surface area contributed by atoms with Gasteiger partial charge in [0.05, 0.1) is 0 Å². The Bertz CT molecular complexity index is 269. The highest BCUT2D eigenvalue weighted by Crippen LogP contribution is 2.05. The van der Waals surface area contributed by atoms with Crippen LogP contribution in [0.15, 0.2) is 24.0 Å². The Kier molecular flexibility index (Phi) is 4.95. The van der Waals surface area contributed by atoms with E-state index in [2.05, 4.69) is 18.3 Å². The lowest BCUT2D eigenvalue weighted by Crippen LogP contribution is -2.34. The second kappa shape index (κ2) is 6.27. The quantitative estimate of drug-likeness (QED) is 0.701. The summed E-state index contributed by atoms with van der Waals surface area (Å²) in [6.07, 6.45) is 9.86. The number of likely N-dealkylation sites (N-methyl/N-ethyl adjacent to an activating group) is 1. The van der Waals surface area contributed by atoms with E-state index in [1.54, 1.807) is 0 Å². The largest absolute Gasteiger partial charge is 0.357 e. The highest BCUT2D eigenvalue weighted by atomic mass is 16.1. The third kappa shape index (κ3) is 4.19. The van der Waals surface area contributed by atoms with Crippen molar-refractivity contribution in [2.24, 2.45) is 0 Å². The molecule has 15 heavy (non-hydrogen) atoms. The summed E-state index contributed by atoms with van der Waals surface area (Å²) in [7, 11) is 1.97. The number of unbranched alkanes of at least 4 members (excludes halogenated alkanes) is 2. The second-order valence-electron chi connectivity index (χ2n) is 3.87. The van der Waals surface area contributed by atoms with Crippen molar-refractivity contribution in [2.45, 2.75) is 32.6 Å². The Labute approximate surface area is 91.8 Å². The summed E-state index contributed by atoms with van der Waals surface area (Å²) in [5, 5.41) is 2.92. The van der Waals surface area contributed by atoms with Gasteiger partial charge in [-0.2, -0.15) is 0 Å². The van der Waals surface area contributed by atoms with E-state index in [-0.39, 0.29) is 5.91 Å². The van der Waals surface area contributed by atoms with Crippen LogP contribution in [0.1, 0.15) is 32.6 Å². The van der Waals surface area contributed by atoms with E-state index in [1.165, 1.54) is 0 Å². The van der Waals surface area contributed by atoms with Gasteiger partial charge in [0.15, 0.2) is 0 Å². The normalized spacial score (nSPS) is 15.1. The van der Waals surface area contributed by atoms with Crippen molar-refractivity contribution in [1.82, 2.24) is 10.2 Å². The Morgan fingerprint density at radius 2 is 2.33 bits per heavy atom. The molecular formula is C12H20N2O. The first-order valence-electron chi connectivity index (χ1n) is 5.62. The fourth-order valence-corrected chi connectivity index (χ4v) is 1.48. The van der Waals surface area contributed by atoms with E-state index >= 15 is 0 Å². The first kappa shape index (κ1) is 11.8. The molecule has 0 atom stereocenters. The van der Waals surface area contributed by atoms with Crippen LogP contribution in [-0.2, 0) is 4.79 Å². The minimum Gasteiger partial charge on any atom is -0.357 e. The summed E-state index contributed by atoms with van der Waals surface area (Å²) >= 11 is 0. The predicted molar refractivity (Wildman–Crippen MR) is 62.1 cm³/mol. The fraction of sp³-hybridized carbons (Fsp3) is 0.583. The summed E-state index contributed by atoms with van der Waals surface area (Å²) in [4.78, 5) is 13.6. The van der Waals surface area contributed by atoms with E-state index in [4.69, 9.17) is 0 Å². The first-order chi connectivity index (χ1) is 7.24. The van der Waals surface area contributed by atoms with Crippen LogP contribution in [0.2, 0.25) is 0 Å². The van der Waals surface area contributed by atoms with Gasteiger partial charge in [-0.3, -0.25) is 4.79 Å². The maximum absolute atomic E-state index is 11.5. The number of rotatable bonds is 5. The molecule has 1 N–H and O–H groups in total. The topological polar surface area (TPSA) is 32.3 Å². The Hall–Kier alpha value is -1.25. The van der Waals surface area contributed by atoms with Crippen molar-refractivity contribution in [3.8, 4) is 0 Å². The molecule has 1 amide bonds. The molecule has 1 aliphatic rings. The Morgan fingerprint density at radius 3 is 3.00 bits per heavy atom. The molecule has 1 heterocycles. The molecule has 0 fully saturated rings. The lowest BCUT2D eigenvalue weighted by Gasteiger charge is -2.23. The smallest absolute Gasteiger partial charge is 0.225 e. The molecule has 0 aliphatic carbocycles. The van der Waals surface area contributed by atoms with E-state index in [0.29, 0.717) is 6.42 Å².